The molecule has 0 radical (unpaired) electrons. The SMILES string of the molecule is CCC(=O)CC[C@@H](NC(=O)CC1CCCC1)C(=O)O. The summed E-state index contributed by atoms with van der Waals surface area (Å²) in [7, 11) is 0. The highest BCUT2D eigenvalue weighted by atomic mass is 16.4. The van der Waals surface area contributed by atoms with Crippen LogP contribution in [0, 0.1) is 5.92 Å². The molecule has 0 unspecified atom stereocenters. The van der Waals surface area contributed by atoms with Crippen molar-refractivity contribution in [2.45, 2.75) is 64.3 Å². The number of ketones is 1. The van der Waals surface area contributed by atoms with E-state index in [1.807, 2.05) is 0 Å². The van der Waals surface area contributed by atoms with Gasteiger partial charge in [0.25, 0.3) is 0 Å². The predicted octanol–water partition coefficient (Wildman–Crippen LogP) is 1.90. The maximum absolute atomic E-state index is 11.8. The summed E-state index contributed by atoms with van der Waals surface area (Å²) in [6.07, 6.45) is 5.62. The fourth-order valence-corrected chi connectivity index (χ4v) is 2.47. The standard InChI is InChI=1S/C14H23NO4/c1-2-11(16)7-8-12(14(18)19)15-13(17)9-10-5-3-4-6-10/h10,12H,2-9H2,1H3,(H,15,17)(H,18,19)/t12-/m1/s1. The average Bonchev–Trinajstić information content (AvgIpc) is 2.86. The van der Waals surface area contributed by atoms with Crippen molar-refractivity contribution in [2.75, 3.05) is 0 Å². The Kier molecular flexibility index (Phi) is 6.53. The van der Waals surface area contributed by atoms with Gasteiger partial charge in [0.1, 0.15) is 11.8 Å². The first-order valence-corrected chi connectivity index (χ1v) is 7.06. The van der Waals surface area contributed by atoms with Crippen molar-refractivity contribution in [2.24, 2.45) is 5.92 Å². The van der Waals surface area contributed by atoms with E-state index in [4.69, 9.17) is 5.11 Å². The number of carboxylic acids is 1. The van der Waals surface area contributed by atoms with Crippen LogP contribution < -0.4 is 5.32 Å². The Morgan fingerprint density at radius 1 is 1.26 bits per heavy atom. The summed E-state index contributed by atoms with van der Waals surface area (Å²) in [6.45, 7) is 1.75. The Bertz CT molecular complexity index is 334. The number of hydrogen-bond donors (Lipinski definition) is 2. The van der Waals surface area contributed by atoms with Crippen LogP contribution in [0.4, 0.5) is 0 Å². The average molecular weight is 269 g/mol. The van der Waals surface area contributed by atoms with Gasteiger partial charge in [0.15, 0.2) is 0 Å². The quantitative estimate of drug-likeness (QED) is 0.705. The summed E-state index contributed by atoms with van der Waals surface area (Å²) in [4.78, 5) is 34.0. The van der Waals surface area contributed by atoms with E-state index < -0.39 is 12.0 Å². The van der Waals surface area contributed by atoms with Crippen LogP contribution in [0.1, 0.15) is 58.3 Å². The van der Waals surface area contributed by atoms with Gasteiger partial charge in [-0.3, -0.25) is 9.59 Å². The molecule has 0 aromatic heterocycles. The molecule has 0 saturated heterocycles. The summed E-state index contributed by atoms with van der Waals surface area (Å²) in [5.41, 5.74) is 0. The second-order valence-electron chi connectivity index (χ2n) is 5.24. The van der Waals surface area contributed by atoms with Gasteiger partial charge in [0, 0.05) is 19.3 Å². The Hall–Kier alpha value is -1.39. The minimum absolute atomic E-state index is 0.0243. The van der Waals surface area contributed by atoms with Crippen LogP contribution in [0.5, 0.6) is 0 Å². The van der Waals surface area contributed by atoms with Crippen molar-refractivity contribution in [1.29, 1.82) is 0 Å². The Balaban J connectivity index is 2.36. The molecule has 1 saturated carbocycles. The Morgan fingerprint density at radius 2 is 1.89 bits per heavy atom. The lowest BCUT2D eigenvalue weighted by Gasteiger charge is -2.15. The Labute approximate surface area is 113 Å². The van der Waals surface area contributed by atoms with Gasteiger partial charge in [-0.25, -0.2) is 4.79 Å². The second kappa shape index (κ2) is 7.92. The zero-order valence-electron chi connectivity index (χ0n) is 11.5. The van der Waals surface area contributed by atoms with Crippen molar-refractivity contribution in [3.05, 3.63) is 0 Å². The van der Waals surface area contributed by atoms with E-state index in [0.29, 0.717) is 18.8 Å². The largest absolute Gasteiger partial charge is 0.480 e. The lowest BCUT2D eigenvalue weighted by Crippen LogP contribution is -2.41. The number of hydrogen-bond acceptors (Lipinski definition) is 3. The normalized spacial score (nSPS) is 17.1. The molecule has 5 heteroatoms. The number of carbonyl (C=O) groups excluding carboxylic acids is 2. The van der Waals surface area contributed by atoms with Gasteiger partial charge in [-0.15, -0.1) is 0 Å². The van der Waals surface area contributed by atoms with Crippen molar-refractivity contribution < 1.29 is 19.5 Å². The smallest absolute Gasteiger partial charge is 0.326 e. The van der Waals surface area contributed by atoms with E-state index in [0.717, 1.165) is 25.7 Å². The topological polar surface area (TPSA) is 83.5 Å². The van der Waals surface area contributed by atoms with Gasteiger partial charge in [-0.1, -0.05) is 19.8 Å². The molecule has 1 fully saturated rings. The monoisotopic (exact) mass is 269 g/mol. The lowest BCUT2D eigenvalue weighted by atomic mass is 10.0. The number of aliphatic carboxylic acids is 1. The summed E-state index contributed by atoms with van der Waals surface area (Å²) >= 11 is 0. The zero-order chi connectivity index (χ0) is 14.3. The number of nitrogens with one attached hydrogen (secondary N) is 1. The third-order valence-corrected chi connectivity index (χ3v) is 3.69. The molecule has 108 valence electrons. The van der Waals surface area contributed by atoms with Gasteiger partial charge in [0.2, 0.25) is 5.91 Å². The van der Waals surface area contributed by atoms with E-state index in [1.165, 1.54) is 0 Å². The summed E-state index contributed by atoms with van der Waals surface area (Å²) < 4.78 is 0. The first kappa shape index (κ1) is 15.7. The predicted molar refractivity (Wildman–Crippen MR) is 70.7 cm³/mol. The van der Waals surface area contributed by atoms with Crippen LogP contribution in [0.25, 0.3) is 0 Å². The van der Waals surface area contributed by atoms with Crippen molar-refractivity contribution in [1.82, 2.24) is 5.32 Å². The first-order valence-electron chi connectivity index (χ1n) is 7.06. The van der Waals surface area contributed by atoms with E-state index >= 15 is 0 Å². The van der Waals surface area contributed by atoms with Crippen LogP contribution in [0.3, 0.4) is 0 Å². The van der Waals surface area contributed by atoms with E-state index in [2.05, 4.69) is 5.32 Å². The van der Waals surface area contributed by atoms with Gasteiger partial charge in [-0.2, -0.15) is 0 Å². The minimum atomic E-state index is -1.07. The fraction of sp³-hybridized carbons (Fsp3) is 0.786. The molecule has 1 aliphatic carbocycles. The highest BCUT2D eigenvalue weighted by Crippen LogP contribution is 2.27. The molecule has 2 N–H and O–H groups in total. The van der Waals surface area contributed by atoms with E-state index in [9.17, 15) is 14.4 Å². The molecule has 0 spiro atoms. The van der Waals surface area contributed by atoms with Crippen LogP contribution in [0.2, 0.25) is 0 Å². The molecular weight excluding hydrogens is 246 g/mol. The van der Waals surface area contributed by atoms with Crippen molar-refractivity contribution in [3.63, 3.8) is 0 Å². The van der Waals surface area contributed by atoms with Crippen LogP contribution in [-0.2, 0) is 14.4 Å². The molecule has 1 aliphatic rings. The number of carbonyl (C=O) groups is 3. The second-order valence-corrected chi connectivity index (χ2v) is 5.24. The maximum Gasteiger partial charge on any atom is 0.326 e. The first-order chi connectivity index (χ1) is 9.02. The molecular formula is C14H23NO4. The van der Waals surface area contributed by atoms with Gasteiger partial charge < -0.3 is 10.4 Å². The highest BCUT2D eigenvalue weighted by Gasteiger charge is 2.23. The number of carboxylic acid groups (broad SMARTS) is 1. The summed E-state index contributed by atoms with van der Waals surface area (Å²) in [6, 6.07) is -0.940. The molecule has 5 nitrogen and oxygen atoms in total. The van der Waals surface area contributed by atoms with Crippen LogP contribution in [0.15, 0.2) is 0 Å². The third kappa shape index (κ3) is 5.85. The lowest BCUT2D eigenvalue weighted by molar-refractivity contribution is -0.142. The van der Waals surface area contributed by atoms with Crippen LogP contribution >= 0.6 is 0 Å². The van der Waals surface area contributed by atoms with Crippen molar-refractivity contribution in [3.8, 4) is 0 Å². The molecule has 0 heterocycles. The number of amides is 1. The molecule has 19 heavy (non-hydrogen) atoms. The molecule has 1 atom stereocenters. The molecule has 0 bridgehead atoms. The Morgan fingerprint density at radius 3 is 2.42 bits per heavy atom. The summed E-state index contributed by atoms with van der Waals surface area (Å²) in [5, 5.41) is 11.6. The third-order valence-electron chi connectivity index (χ3n) is 3.69. The molecule has 1 rings (SSSR count). The van der Waals surface area contributed by atoms with Crippen LogP contribution in [-0.4, -0.2) is 28.8 Å². The molecule has 1 amide bonds. The van der Waals surface area contributed by atoms with Gasteiger partial charge in [-0.05, 0) is 25.2 Å². The minimum Gasteiger partial charge on any atom is -0.480 e. The van der Waals surface area contributed by atoms with Gasteiger partial charge >= 0.3 is 5.97 Å². The molecule has 0 aromatic rings. The number of rotatable bonds is 8. The zero-order valence-corrected chi connectivity index (χ0v) is 11.5. The van der Waals surface area contributed by atoms with E-state index in [-0.39, 0.29) is 24.5 Å². The highest BCUT2D eigenvalue weighted by molar-refractivity contribution is 5.84. The maximum atomic E-state index is 11.8. The fourth-order valence-electron chi connectivity index (χ4n) is 2.47. The van der Waals surface area contributed by atoms with Crippen molar-refractivity contribution >= 4 is 17.7 Å². The summed E-state index contributed by atoms with van der Waals surface area (Å²) in [5.74, 6) is -0.852. The van der Waals surface area contributed by atoms with E-state index in [1.54, 1.807) is 6.92 Å². The number of Topliss-reactive ketones (excluding diaryl/α,β-unsaturated/α-hetero) is 1. The molecule has 0 aromatic carbocycles. The molecule has 0 aliphatic heterocycles. The van der Waals surface area contributed by atoms with Gasteiger partial charge in [0.05, 0.1) is 0 Å².